The van der Waals surface area contributed by atoms with Crippen molar-refractivity contribution >= 4 is 5.91 Å². The molecular formula is C23H25N3O3. The number of aromatic amines is 1. The predicted octanol–water partition coefficient (Wildman–Crippen LogP) is 4.36. The van der Waals surface area contributed by atoms with Crippen molar-refractivity contribution in [3.63, 3.8) is 0 Å². The minimum Gasteiger partial charge on any atom is -0.497 e. The lowest BCUT2D eigenvalue weighted by atomic mass is 9.95. The molecule has 1 N–H and O–H groups in total. The number of H-pyrrole nitrogens is 1. The van der Waals surface area contributed by atoms with E-state index in [1.54, 1.807) is 14.2 Å². The molecule has 1 unspecified atom stereocenters. The fourth-order valence-electron chi connectivity index (χ4n) is 3.97. The number of hydrogen-bond acceptors (Lipinski definition) is 4. The van der Waals surface area contributed by atoms with Gasteiger partial charge in [0.05, 0.1) is 26.0 Å². The average molecular weight is 391 g/mol. The van der Waals surface area contributed by atoms with Crippen molar-refractivity contribution in [1.29, 1.82) is 0 Å². The Hall–Kier alpha value is -3.28. The maximum absolute atomic E-state index is 13.2. The first kappa shape index (κ1) is 19.1. The summed E-state index contributed by atoms with van der Waals surface area (Å²) in [7, 11) is 3.26. The highest BCUT2D eigenvalue weighted by atomic mass is 16.5. The normalized spacial score (nSPS) is 15.5. The van der Waals surface area contributed by atoms with E-state index in [4.69, 9.17) is 9.47 Å². The summed E-state index contributed by atoms with van der Waals surface area (Å²) in [6, 6.07) is 13.7. The number of aryl methyl sites for hydroxylation is 1. The van der Waals surface area contributed by atoms with Crippen molar-refractivity contribution in [2.24, 2.45) is 0 Å². The van der Waals surface area contributed by atoms with Gasteiger partial charge in [0.2, 0.25) is 0 Å². The van der Waals surface area contributed by atoms with E-state index in [-0.39, 0.29) is 11.9 Å². The Balaban J connectivity index is 1.91. The summed E-state index contributed by atoms with van der Waals surface area (Å²) in [6.07, 6.45) is 0.859. The summed E-state index contributed by atoms with van der Waals surface area (Å²) in [5, 5.41) is 7.50. The monoisotopic (exact) mass is 391 g/mol. The maximum Gasteiger partial charge on any atom is 0.273 e. The molecule has 1 aliphatic rings. The van der Waals surface area contributed by atoms with Gasteiger partial charge in [0.25, 0.3) is 5.91 Å². The van der Waals surface area contributed by atoms with Crippen LogP contribution in [0, 0.1) is 6.92 Å². The van der Waals surface area contributed by atoms with Crippen molar-refractivity contribution in [2.45, 2.75) is 26.3 Å². The number of nitrogens with zero attached hydrogens (tertiary/aromatic N) is 2. The van der Waals surface area contributed by atoms with Crippen LogP contribution in [-0.2, 0) is 0 Å². The predicted molar refractivity (Wildman–Crippen MR) is 111 cm³/mol. The van der Waals surface area contributed by atoms with Gasteiger partial charge in [-0.1, -0.05) is 36.8 Å². The van der Waals surface area contributed by atoms with Crippen LogP contribution in [0.3, 0.4) is 0 Å². The smallest absolute Gasteiger partial charge is 0.273 e. The van der Waals surface area contributed by atoms with Crippen LogP contribution < -0.4 is 9.47 Å². The lowest BCUT2D eigenvalue weighted by Crippen LogP contribution is -2.30. The largest absolute Gasteiger partial charge is 0.497 e. The number of rotatable bonds is 6. The zero-order valence-electron chi connectivity index (χ0n) is 17.2. The number of aromatic nitrogens is 2. The second-order valence-corrected chi connectivity index (χ2v) is 7.24. The van der Waals surface area contributed by atoms with Crippen LogP contribution in [-0.4, -0.2) is 41.8 Å². The van der Waals surface area contributed by atoms with Crippen LogP contribution in [0.4, 0.5) is 0 Å². The Labute approximate surface area is 170 Å². The van der Waals surface area contributed by atoms with Crippen molar-refractivity contribution < 1.29 is 14.3 Å². The summed E-state index contributed by atoms with van der Waals surface area (Å²) in [5.74, 6) is 1.37. The van der Waals surface area contributed by atoms with Gasteiger partial charge in [0.1, 0.15) is 17.2 Å². The second kappa shape index (κ2) is 7.62. The van der Waals surface area contributed by atoms with Gasteiger partial charge in [-0.05, 0) is 25.5 Å². The molecule has 150 valence electrons. The minimum absolute atomic E-state index is 0.0319. The molecule has 0 bridgehead atoms. The minimum atomic E-state index is -0.270. The highest BCUT2D eigenvalue weighted by molar-refractivity contribution is 6.00. The first-order chi connectivity index (χ1) is 14.1. The molecule has 0 saturated heterocycles. The molecule has 0 spiro atoms. The van der Waals surface area contributed by atoms with Gasteiger partial charge >= 0.3 is 0 Å². The van der Waals surface area contributed by atoms with Crippen molar-refractivity contribution in [2.75, 3.05) is 20.8 Å². The number of methoxy groups -OCH3 is 2. The van der Waals surface area contributed by atoms with Gasteiger partial charge in [0, 0.05) is 29.3 Å². The van der Waals surface area contributed by atoms with E-state index in [0.29, 0.717) is 23.7 Å². The lowest BCUT2D eigenvalue weighted by Gasteiger charge is -2.27. The molecule has 0 saturated carbocycles. The highest BCUT2D eigenvalue weighted by Gasteiger charge is 2.42. The molecule has 1 atom stereocenters. The second-order valence-electron chi connectivity index (χ2n) is 7.24. The SMILES string of the molecule is CCCN1C(=O)c2[nH]nc(-c3ccc(C)cc3)c2C1c1ccc(OC)cc1OC. The maximum atomic E-state index is 13.2. The Bertz CT molecular complexity index is 1040. The van der Waals surface area contributed by atoms with E-state index in [1.807, 2.05) is 35.2 Å². The summed E-state index contributed by atoms with van der Waals surface area (Å²) < 4.78 is 11.0. The van der Waals surface area contributed by atoms with E-state index in [2.05, 4.69) is 36.2 Å². The standard InChI is InChI=1S/C23H25N3O3/c1-5-12-26-22(17-11-10-16(28-3)13-18(17)29-4)19-20(24-25-21(19)23(26)27)15-8-6-14(2)7-9-15/h6-11,13,22H,5,12H2,1-4H3,(H,24,25). The average Bonchev–Trinajstić information content (AvgIpc) is 3.28. The fourth-order valence-corrected chi connectivity index (χ4v) is 3.97. The first-order valence-electron chi connectivity index (χ1n) is 9.77. The molecule has 1 aromatic heterocycles. The van der Waals surface area contributed by atoms with E-state index in [9.17, 15) is 4.79 Å². The van der Waals surface area contributed by atoms with Gasteiger partial charge in [-0.15, -0.1) is 0 Å². The van der Waals surface area contributed by atoms with Crippen LogP contribution in [0.1, 0.15) is 46.6 Å². The van der Waals surface area contributed by atoms with Crippen molar-refractivity contribution in [3.05, 3.63) is 64.8 Å². The highest BCUT2D eigenvalue weighted by Crippen LogP contribution is 2.46. The van der Waals surface area contributed by atoms with E-state index < -0.39 is 0 Å². The molecule has 29 heavy (non-hydrogen) atoms. The summed E-state index contributed by atoms with van der Waals surface area (Å²) in [5.41, 5.74) is 5.33. The van der Waals surface area contributed by atoms with Crippen LogP contribution in [0.15, 0.2) is 42.5 Å². The van der Waals surface area contributed by atoms with Gasteiger partial charge in [-0.3, -0.25) is 9.89 Å². The molecule has 3 aromatic rings. The molecule has 0 aliphatic carbocycles. The third kappa shape index (κ3) is 3.14. The molecule has 6 nitrogen and oxygen atoms in total. The van der Waals surface area contributed by atoms with Crippen LogP contribution in [0.2, 0.25) is 0 Å². The van der Waals surface area contributed by atoms with Gasteiger partial charge in [0.15, 0.2) is 0 Å². The van der Waals surface area contributed by atoms with Crippen LogP contribution >= 0.6 is 0 Å². The third-order valence-corrected chi connectivity index (χ3v) is 5.39. The van der Waals surface area contributed by atoms with E-state index in [1.165, 1.54) is 5.56 Å². The Kier molecular flexibility index (Phi) is 5.01. The van der Waals surface area contributed by atoms with E-state index in [0.717, 1.165) is 28.8 Å². The molecule has 0 fully saturated rings. The summed E-state index contributed by atoms with van der Waals surface area (Å²) >= 11 is 0. The number of amides is 1. The number of carbonyl (C=O) groups is 1. The van der Waals surface area contributed by atoms with Gasteiger partial charge in [-0.2, -0.15) is 5.10 Å². The fraction of sp³-hybridized carbons (Fsp3) is 0.304. The lowest BCUT2D eigenvalue weighted by molar-refractivity contribution is 0.0742. The van der Waals surface area contributed by atoms with Crippen molar-refractivity contribution in [1.82, 2.24) is 15.1 Å². The van der Waals surface area contributed by atoms with Crippen LogP contribution in [0.25, 0.3) is 11.3 Å². The number of hydrogen-bond donors (Lipinski definition) is 1. The molecule has 1 aliphatic heterocycles. The quantitative estimate of drug-likeness (QED) is 0.678. The molecule has 4 rings (SSSR count). The molecule has 2 aromatic carbocycles. The molecule has 2 heterocycles. The molecular weight excluding hydrogens is 366 g/mol. The van der Waals surface area contributed by atoms with Gasteiger partial charge in [-0.25, -0.2) is 0 Å². The third-order valence-electron chi connectivity index (χ3n) is 5.39. The van der Waals surface area contributed by atoms with Gasteiger partial charge < -0.3 is 14.4 Å². The Morgan fingerprint density at radius 2 is 1.86 bits per heavy atom. The Morgan fingerprint density at radius 1 is 1.10 bits per heavy atom. The Morgan fingerprint density at radius 3 is 2.52 bits per heavy atom. The number of benzene rings is 2. The zero-order chi connectivity index (χ0) is 20.5. The molecule has 0 radical (unpaired) electrons. The first-order valence-corrected chi connectivity index (χ1v) is 9.77. The summed E-state index contributed by atoms with van der Waals surface area (Å²) in [6.45, 7) is 4.77. The summed E-state index contributed by atoms with van der Waals surface area (Å²) in [4.78, 5) is 15.1. The number of fused-ring (bicyclic) bond motifs is 1. The van der Waals surface area contributed by atoms with E-state index >= 15 is 0 Å². The molecule has 6 heteroatoms. The zero-order valence-corrected chi connectivity index (χ0v) is 17.2. The topological polar surface area (TPSA) is 67.5 Å². The number of ether oxygens (including phenoxy) is 2. The van der Waals surface area contributed by atoms with Crippen molar-refractivity contribution in [3.8, 4) is 22.8 Å². The molecule has 1 amide bonds. The number of carbonyl (C=O) groups excluding carboxylic acids is 1. The van der Waals surface area contributed by atoms with Crippen LogP contribution in [0.5, 0.6) is 11.5 Å². The number of nitrogens with one attached hydrogen (secondary N) is 1.